The van der Waals surface area contributed by atoms with Gasteiger partial charge in [-0.1, -0.05) is 33.1 Å². The van der Waals surface area contributed by atoms with Gasteiger partial charge in [-0.3, -0.25) is 14.5 Å². The van der Waals surface area contributed by atoms with Crippen LogP contribution in [-0.4, -0.2) is 57.1 Å². The highest BCUT2D eigenvalue weighted by molar-refractivity contribution is 5.82. The molecule has 2 N–H and O–H groups in total. The van der Waals surface area contributed by atoms with Gasteiger partial charge in [-0.2, -0.15) is 5.10 Å². The molecule has 0 saturated carbocycles. The number of ether oxygens (including phenoxy) is 1. The smallest absolute Gasteiger partial charge is 0.303 e. The first-order valence-electron chi connectivity index (χ1n) is 14.2. The fraction of sp³-hybridized carbons (Fsp3) is 0.419. The molecule has 9 nitrogen and oxygen atoms in total. The number of anilines is 2. The fourth-order valence-electron chi connectivity index (χ4n) is 4.70. The number of aromatic nitrogens is 4. The molecule has 0 aliphatic heterocycles. The van der Waals surface area contributed by atoms with Crippen molar-refractivity contribution >= 4 is 28.4 Å². The number of carboxylic acids is 1. The molecular formula is C31H39FN6O3. The minimum atomic E-state index is -0.731. The van der Waals surface area contributed by atoms with Crippen molar-refractivity contribution in [1.29, 1.82) is 0 Å². The second-order valence-corrected chi connectivity index (χ2v) is 10.4. The summed E-state index contributed by atoms with van der Waals surface area (Å²) < 4.78 is 21.7. The SMILES string of the molecule is COc1cc(F)cc(N(CCNC(C)C)c2ccc3ncc(-c4cnn(CCCCCCCC(=O)O)c4)nc3c2)c1. The Morgan fingerprint density at radius 2 is 1.85 bits per heavy atom. The summed E-state index contributed by atoms with van der Waals surface area (Å²) in [7, 11) is 1.53. The summed E-state index contributed by atoms with van der Waals surface area (Å²) in [5.41, 5.74) is 4.69. The summed E-state index contributed by atoms with van der Waals surface area (Å²) >= 11 is 0. The van der Waals surface area contributed by atoms with E-state index in [9.17, 15) is 9.18 Å². The molecule has 0 bridgehead atoms. The number of hydrogen-bond acceptors (Lipinski definition) is 7. The van der Waals surface area contributed by atoms with Gasteiger partial charge >= 0.3 is 5.97 Å². The maximum atomic E-state index is 14.4. The zero-order valence-corrected chi connectivity index (χ0v) is 24.0. The van der Waals surface area contributed by atoms with Crippen molar-refractivity contribution in [2.24, 2.45) is 0 Å². The number of halogens is 1. The Balaban J connectivity index is 1.50. The molecule has 2 aromatic carbocycles. The molecule has 2 heterocycles. The molecule has 0 saturated heterocycles. The van der Waals surface area contributed by atoms with Gasteiger partial charge in [-0.15, -0.1) is 0 Å². The van der Waals surface area contributed by atoms with Crippen LogP contribution in [-0.2, 0) is 11.3 Å². The molecule has 0 atom stereocenters. The third kappa shape index (κ3) is 8.72. The lowest BCUT2D eigenvalue weighted by atomic mass is 10.1. The summed E-state index contributed by atoms with van der Waals surface area (Å²) in [5, 5.41) is 16.7. The molecule has 0 spiro atoms. The predicted molar refractivity (Wildman–Crippen MR) is 159 cm³/mol. The Hall–Kier alpha value is -4.05. The van der Waals surface area contributed by atoms with Crippen molar-refractivity contribution in [1.82, 2.24) is 25.1 Å². The number of rotatable bonds is 16. The molecule has 10 heteroatoms. The number of benzene rings is 2. The van der Waals surface area contributed by atoms with E-state index in [1.807, 2.05) is 35.1 Å². The number of carbonyl (C=O) groups is 1. The second kappa shape index (κ2) is 14.5. The lowest BCUT2D eigenvalue weighted by Crippen LogP contribution is -2.32. The van der Waals surface area contributed by atoms with Crippen LogP contribution in [0.4, 0.5) is 15.8 Å². The summed E-state index contributed by atoms with van der Waals surface area (Å²) in [6.45, 7) is 6.31. The Labute approximate surface area is 240 Å². The second-order valence-electron chi connectivity index (χ2n) is 10.4. The van der Waals surface area contributed by atoms with Gasteiger partial charge in [0.2, 0.25) is 0 Å². The lowest BCUT2D eigenvalue weighted by Gasteiger charge is -2.26. The van der Waals surface area contributed by atoms with Gasteiger partial charge in [-0.25, -0.2) is 9.37 Å². The van der Waals surface area contributed by atoms with Gasteiger partial charge in [0.05, 0.1) is 36.2 Å². The molecule has 4 aromatic rings. The van der Waals surface area contributed by atoms with Crippen LogP contribution in [0.1, 0.15) is 52.4 Å². The van der Waals surface area contributed by atoms with E-state index >= 15 is 0 Å². The van der Waals surface area contributed by atoms with E-state index in [4.69, 9.17) is 14.8 Å². The van der Waals surface area contributed by atoms with Gasteiger partial charge < -0.3 is 20.1 Å². The minimum Gasteiger partial charge on any atom is -0.497 e. The van der Waals surface area contributed by atoms with Crippen LogP contribution >= 0.6 is 0 Å². The summed E-state index contributed by atoms with van der Waals surface area (Å²) in [4.78, 5) is 22.2. The average Bonchev–Trinajstić information content (AvgIpc) is 3.42. The largest absolute Gasteiger partial charge is 0.497 e. The number of hydrogen-bond donors (Lipinski definition) is 2. The molecule has 41 heavy (non-hydrogen) atoms. The number of nitrogens with one attached hydrogen (secondary N) is 1. The molecule has 4 rings (SSSR count). The number of unbranched alkanes of at least 4 members (excludes halogenated alkanes) is 4. The van der Waals surface area contributed by atoms with Crippen molar-refractivity contribution in [3.05, 3.63) is 60.8 Å². The van der Waals surface area contributed by atoms with Gasteiger partial charge in [-0.05, 0) is 37.1 Å². The molecular weight excluding hydrogens is 523 g/mol. The Morgan fingerprint density at radius 1 is 1.05 bits per heavy atom. The minimum absolute atomic E-state index is 0.240. The van der Waals surface area contributed by atoms with Crippen LogP contribution in [0, 0.1) is 5.82 Å². The van der Waals surface area contributed by atoms with Crippen LogP contribution in [0.25, 0.3) is 22.3 Å². The summed E-state index contributed by atoms with van der Waals surface area (Å²) in [5.74, 6) is -0.635. The molecule has 0 fully saturated rings. The molecule has 0 radical (unpaired) electrons. The number of aryl methyl sites for hydroxylation is 1. The third-order valence-corrected chi connectivity index (χ3v) is 6.84. The zero-order chi connectivity index (χ0) is 29.2. The highest BCUT2D eigenvalue weighted by Crippen LogP contribution is 2.31. The van der Waals surface area contributed by atoms with Crippen LogP contribution < -0.4 is 15.0 Å². The highest BCUT2D eigenvalue weighted by Gasteiger charge is 2.15. The topological polar surface area (TPSA) is 105 Å². The molecule has 0 aliphatic carbocycles. The van der Waals surface area contributed by atoms with E-state index in [1.54, 1.807) is 12.4 Å². The summed E-state index contributed by atoms with van der Waals surface area (Å²) in [6.07, 6.45) is 10.5. The first kappa shape index (κ1) is 29.9. The average molecular weight is 563 g/mol. The Kier molecular flexibility index (Phi) is 10.6. The van der Waals surface area contributed by atoms with Gasteiger partial charge in [0.1, 0.15) is 11.6 Å². The molecule has 0 unspecified atom stereocenters. The number of fused-ring (bicyclic) bond motifs is 1. The lowest BCUT2D eigenvalue weighted by molar-refractivity contribution is -0.137. The van der Waals surface area contributed by atoms with Crippen LogP contribution in [0.3, 0.4) is 0 Å². The van der Waals surface area contributed by atoms with Crippen LogP contribution in [0.15, 0.2) is 55.0 Å². The standard InChI is InChI=1S/C31H39FN6O3/c1-22(2)33-12-14-38(26-15-24(32)16-27(17-26)41-3)25-10-11-28-29(18-25)36-30(20-34-28)23-19-35-37(21-23)13-8-6-4-5-7-9-31(39)40/h10-11,15-22,33H,4-9,12-14H2,1-3H3,(H,39,40). The molecule has 2 aromatic heterocycles. The van der Waals surface area contributed by atoms with Crippen molar-refractivity contribution in [2.75, 3.05) is 25.1 Å². The van der Waals surface area contributed by atoms with E-state index in [-0.39, 0.29) is 12.2 Å². The monoisotopic (exact) mass is 562 g/mol. The number of aliphatic carboxylic acids is 1. The van der Waals surface area contributed by atoms with Crippen molar-refractivity contribution < 1.29 is 19.0 Å². The van der Waals surface area contributed by atoms with Gasteiger partial charge in [0, 0.05) is 67.4 Å². The third-order valence-electron chi connectivity index (χ3n) is 6.84. The number of methoxy groups -OCH3 is 1. The molecule has 0 aliphatic rings. The van der Waals surface area contributed by atoms with Gasteiger partial charge in [0.15, 0.2) is 0 Å². The van der Waals surface area contributed by atoms with Crippen molar-refractivity contribution in [2.45, 2.75) is 65.0 Å². The van der Waals surface area contributed by atoms with Gasteiger partial charge in [0.25, 0.3) is 0 Å². The quantitative estimate of drug-likeness (QED) is 0.156. The molecule has 218 valence electrons. The van der Waals surface area contributed by atoms with E-state index in [0.29, 0.717) is 30.6 Å². The number of nitrogens with zero attached hydrogens (tertiary/aromatic N) is 5. The fourth-order valence-corrected chi connectivity index (χ4v) is 4.70. The maximum absolute atomic E-state index is 14.4. The Bertz CT molecular complexity index is 1440. The first-order chi connectivity index (χ1) is 19.8. The van der Waals surface area contributed by atoms with E-state index in [0.717, 1.165) is 66.6 Å². The predicted octanol–water partition coefficient (Wildman–Crippen LogP) is 6.20. The van der Waals surface area contributed by atoms with E-state index in [2.05, 4.69) is 34.1 Å². The normalized spacial score (nSPS) is 11.3. The van der Waals surface area contributed by atoms with E-state index < -0.39 is 5.97 Å². The maximum Gasteiger partial charge on any atom is 0.303 e. The summed E-state index contributed by atoms with van der Waals surface area (Å²) in [6, 6.07) is 10.9. The van der Waals surface area contributed by atoms with Crippen molar-refractivity contribution in [3.8, 4) is 17.0 Å². The first-order valence-corrected chi connectivity index (χ1v) is 14.2. The van der Waals surface area contributed by atoms with Crippen molar-refractivity contribution in [3.63, 3.8) is 0 Å². The number of carboxylic acid groups (broad SMARTS) is 1. The van der Waals surface area contributed by atoms with Crippen LogP contribution in [0.2, 0.25) is 0 Å². The zero-order valence-electron chi connectivity index (χ0n) is 24.0. The molecule has 0 amide bonds. The highest BCUT2D eigenvalue weighted by atomic mass is 19.1. The van der Waals surface area contributed by atoms with Crippen LogP contribution in [0.5, 0.6) is 5.75 Å². The van der Waals surface area contributed by atoms with E-state index in [1.165, 1.54) is 19.2 Å². The Morgan fingerprint density at radius 3 is 2.63 bits per heavy atom.